The van der Waals surface area contributed by atoms with Gasteiger partial charge in [0.25, 0.3) is 0 Å². The average molecular weight is 288 g/mol. The van der Waals surface area contributed by atoms with Crippen molar-refractivity contribution in [2.24, 2.45) is 0 Å². The minimum atomic E-state index is -0.795. The number of hydrogen-bond donors (Lipinski definition) is 1. The SMILES string of the molecule is CC(=O)c1ccccc1NC(=O)C(Cl)c1ccccc1. The zero-order valence-electron chi connectivity index (χ0n) is 11.0. The Morgan fingerprint density at radius 2 is 1.60 bits per heavy atom. The lowest BCUT2D eigenvalue weighted by Crippen LogP contribution is -2.18. The number of carbonyl (C=O) groups is 2. The topological polar surface area (TPSA) is 46.2 Å². The fourth-order valence-corrected chi connectivity index (χ4v) is 2.07. The van der Waals surface area contributed by atoms with E-state index in [0.29, 0.717) is 16.8 Å². The second kappa shape index (κ2) is 6.35. The first-order valence-corrected chi connectivity index (χ1v) is 6.63. The molecule has 1 unspecified atom stereocenters. The van der Waals surface area contributed by atoms with Crippen molar-refractivity contribution in [2.75, 3.05) is 5.32 Å². The molecule has 2 aromatic rings. The Bertz CT molecular complexity index is 625. The highest BCUT2D eigenvalue weighted by atomic mass is 35.5. The van der Waals surface area contributed by atoms with Crippen molar-refractivity contribution in [3.05, 3.63) is 65.7 Å². The summed E-state index contributed by atoms with van der Waals surface area (Å²) in [5.41, 5.74) is 1.66. The summed E-state index contributed by atoms with van der Waals surface area (Å²) < 4.78 is 0. The Morgan fingerprint density at radius 1 is 1.00 bits per heavy atom. The molecule has 2 rings (SSSR count). The molecule has 20 heavy (non-hydrogen) atoms. The number of rotatable bonds is 4. The number of nitrogens with one attached hydrogen (secondary N) is 1. The van der Waals surface area contributed by atoms with E-state index in [9.17, 15) is 9.59 Å². The number of Topliss-reactive ketones (excluding diaryl/α,β-unsaturated/α-hetero) is 1. The summed E-state index contributed by atoms with van der Waals surface area (Å²) in [6.07, 6.45) is 0. The third-order valence-corrected chi connectivity index (χ3v) is 3.34. The number of amides is 1. The highest BCUT2D eigenvalue weighted by molar-refractivity contribution is 6.32. The predicted octanol–water partition coefficient (Wildman–Crippen LogP) is 3.81. The number of ketones is 1. The maximum Gasteiger partial charge on any atom is 0.246 e. The van der Waals surface area contributed by atoms with Crippen LogP contribution in [0.25, 0.3) is 0 Å². The van der Waals surface area contributed by atoms with Crippen LogP contribution in [0.4, 0.5) is 5.69 Å². The van der Waals surface area contributed by atoms with Crippen LogP contribution in [0, 0.1) is 0 Å². The van der Waals surface area contributed by atoms with E-state index < -0.39 is 5.38 Å². The highest BCUT2D eigenvalue weighted by Gasteiger charge is 2.19. The number of carbonyl (C=O) groups excluding carboxylic acids is 2. The summed E-state index contributed by atoms with van der Waals surface area (Å²) in [7, 11) is 0. The van der Waals surface area contributed by atoms with E-state index >= 15 is 0 Å². The first-order chi connectivity index (χ1) is 9.59. The maximum absolute atomic E-state index is 12.1. The van der Waals surface area contributed by atoms with Gasteiger partial charge in [0.15, 0.2) is 5.78 Å². The van der Waals surface area contributed by atoms with Gasteiger partial charge in [-0.1, -0.05) is 42.5 Å². The minimum absolute atomic E-state index is 0.105. The third-order valence-electron chi connectivity index (χ3n) is 2.89. The summed E-state index contributed by atoms with van der Waals surface area (Å²) in [4.78, 5) is 23.6. The normalized spacial score (nSPS) is 11.7. The molecule has 0 fully saturated rings. The van der Waals surface area contributed by atoms with Crippen LogP contribution >= 0.6 is 11.6 Å². The van der Waals surface area contributed by atoms with E-state index in [0.717, 1.165) is 0 Å². The number of para-hydroxylation sites is 1. The molecule has 0 heterocycles. The van der Waals surface area contributed by atoms with E-state index in [2.05, 4.69) is 5.32 Å². The van der Waals surface area contributed by atoms with Crippen molar-refractivity contribution in [2.45, 2.75) is 12.3 Å². The van der Waals surface area contributed by atoms with Gasteiger partial charge in [-0.3, -0.25) is 9.59 Å². The summed E-state index contributed by atoms with van der Waals surface area (Å²) in [6.45, 7) is 1.46. The molecule has 0 saturated carbocycles. The van der Waals surface area contributed by atoms with E-state index in [-0.39, 0.29) is 11.7 Å². The fourth-order valence-electron chi connectivity index (χ4n) is 1.87. The van der Waals surface area contributed by atoms with Crippen LogP contribution in [-0.4, -0.2) is 11.7 Å². The molecular formula is C16H14ClNO2. The summed E-state index contributed by atoms with van der Waals surface area (Å²) in [6, 6.07) is 15.9. The number of anilines is 1. The maximum atomic E-state index is 12.1. The van der Waals surface area contributed by atoms with Crippen LogP contribution in [0.2, 0.25) is 0 Å². The second-order valence-electron chi connectivity index (χ2n) is 4.36. The number of halogens is 1. The second-order valence-corrected chi connectivity index (χ2v) is 4.80. The Balaban J connectivity index is 2.18. The summed E-state index contributed by atoms with van der Waals surface area (Å²) >= 11 is 6.14. The molecule has 0 bridgehead atoms. The monoisotopic (exact) mass is 287 g/mol. The first-order valence-electron chi connectivity index (χ1n) is 6.19. The van der Waals surface area contributed by atoms with Gasteiger partial charge >= 0.3 is 0 Å². The molecule has 3 nitrogen and oxygen atoms in total. The van der Waals surface area contributed by atoms with Crippen LogP contribution < -0.4 is 5.32 Å². The molecule has 0 spiro atoms. The van der Waals surface area contributed by atoms with Crippen LogP contribution in [0.15, 0.2) is 54.6 Å². The summed E-state index contributed by atoms with van der Waals surface area (Å²) in [5, 5.41) is 1.90. The molecule has 4 heteroatoms. The standard InChI is InChI=1S/C16H14ClNO2/c1-11(19)13-9-5-6-10-14(13)18-16(20)15(17)12-7-3-2-4-8-12/h2-10,15H,1H3,(H,18,20). The Hall–Kier alpha value is -2.13. The van der Waals surface area contributed by atoms with Crippen molar-refractivity contribution < 1.29 is 9.59 Å². The zero-order chi connectivity index (χ0) is 14.5. The van der Waals surface area contributed by atoms with Gasteiger partial charge in [0, 0.05) is 5.56 Å². The van der Waals surface area contributed by atoms with Crippen molar-refractivity contribution in [1.82, 2.24) is 0 Å². The summed E-state index contributed by atoms with van der Waals surface area (Å²) in [5.74, 6) is -0.460. The fraction of sp³-hybridized carbons (Fsp3) is 0.125. The minimum Gasteiger partial charge on any atom is -0.324 e. The first kappa shape index (κ1) is 14.3. The molecule has 1 amide bonds. The Labute approximate surface area is 122 Å². The van der Waals surface area contributed by atoms with Gasteiger partial charge in [-0.15, -0.1) is 11.6 Å². The van der Waals surface area contributed by atoms with Gasteiger partial charge in [-0.05, 0) is 24.6 Å². The number of alkyl halides is 1. The van der Waals surface area contributed by atoms with Gasteiger partial charge in [0.1, 0.15) is 5.38 Å². The van der Waals surface area contributed by atoms with Crippen molar-refractivity contribution in [1.29, 1.82) is 0 Å². The molecule has 1 atom stereocenters. The predicted molar refractivity (Wildman–Crippen MR) is 80.1 cm³/mol. The molecule has 102 valence electrons. The van der Waals surface area contributed by atoms with Gasteiger partial charge < -0.3 is 5.32 Å². The van der Waals surface area contributed by atoms with Crippen molar-refractivity contribution >= 4 is 29.0 Å². The Morgan fingerprint density at radius 3 is 2.25 bits per heavy atom. The molecular weight excluding hydrogens is 274 g/mol. The van der Waals surface area contributed by atoms with E-state index in [1.165, 1.54) is 6.92 Å². The average Bonchev–Trinajstić information content (AvgIpc) is 2.47. The highest BCUT2D eigenvalue weighted by Crippen LogP contribution is 2.23. The molecule has 0 radical (unpaired) electrons. The molecule has 0 aliphatic heterocycles. The lowest BCUT2D eigenvalue weighted by molar-refractivity contribution is -0.116. The van der Waals surface area contributed by atoms with Crippen LogP contribution in [0.3, 0.4) is 0 Å². The van der Waals surface area contributed by atoms with E-state index in [4.69, 9.17) is 11.6 Å². The lowest BCUT2D eigenvalue weighted by atomic mass is 10.1. The quantitative estimate of drug-likeness (QED) is 0.686. The van der Waals surface area contributed by atoms with Crippen molar-refractivity contribution in [3.8, 4) is 0 Å². The third kappa shape index (κ3) is 3.25. The molecule has 0 aliphatic rings. The van der Waals surface area contributed by atoms with Gasteiger partial charge in [0.2, 0.25) is 5.91 Å². The molecule has 0 saturated heterocycles. The van der Waals surface area contributed by atoms with Crippen LogP contribution in [-0.2, 0) is 4.79 Å². The largest absolute Gasteiger partial charge is 0.324 e. The molecule has 0 aliphatic carbocycles. The van der Waals surface area contributed by atoms with Crippen molar-refractivity contribution in [3.63, 3.8) is 0 Å². The van der Waals surface area contributed by atoms with Gasteiger partial charge in [-0.25, -0.2) is 0 Å². The lowest BCUT2D eigenvalue weighted by Gasteiger charge is -2.12. The molecule has 2 aromatic carbocycles. The smallest absolute Gasteiger partial charge is 0.246 e. The van der Waals surface area contributed by atoms with E-state index in [1.807, 2.05) is 18.2 Å². The molecule has 0 aromatic heterocycles. The Kier molecular flexibility index (Phi) is 4.53. The number of hydrogen-bond acceptors (Lipinski definition) is 2. The van der Waals surface area contributed by atoms with E-state index in [1.54, 1.807) is 36.4 Å². The zero-order valence-corrected chi connectivity index (χ0v) is 11.7. The number of benzene rings is 2. The van der Waals surface area contributed by atoms with Crippen LogP contribution in [0.5, 0.6) is 0 Å². The van der Waals surface area contributed by atoms with Gasteiger partial charge in [0.05, 0.1) is 5.69 Å². The van der Waals surface area contributed by atoms with Crippen LogP contribution in [0.1, 0.15) is 28.2 Å². The van der Waals surface area contributed by atoms with Gasteiger partial charge in [-0.2, -0.15) is 0 Å². The molecule has 1 N–H and O–H groups in total.